The van der Waals surface area contributed by atoms with Gasteiger partial charge in [0.15, 0.2) is 0 Å². The minimum atomic E-state index is -0.408. The summed E-state index contributed by atoms with van der Waals surface area (Å²) >= 11 is 1.27. The van der Waals surface area contributed by atoms with Crippen LogP contribution in [0.5, 0.6) is 0 Å². The third-order valence-corrected chi connectivity index (χ3v) is 3.63. The molecule has 0 saturated heterocycles. The number of methoxy groups -OCH3 is 1. The first-order chi connectivity index (χ1) is 7.63. The van der Waals surface area contributed by atoms with Gasteiger partial charge in [-0.15, -0.1) is 11.3 Å². The Kier molecular flexibility index (Phi) is 2.96. The Balaban J connectivity index is 2.07. The van der Waals surface area contributed by atoms with Crippen LogP contribution in [0.3, 0.4) is 0 Å². The number of esters is 1. The Morgan fingerprint density at radius 3 is 2.81 bits per heavy atom. The maximum atomic E-state index is 11.7. The van der Waals surface area contributed by atoms with E-state index in [-0.39, 0.29) is 11.8 Å². The monoisotopic (exact) mass is 239 g/mol. The summed E-state index contributed by atoms with van der Waals surface area (Å²) in [5, 5.41) is 4.53. The highest BCUT2D eigenvalue weighted by Gasteiger charge is 2.39. The number of hydrogen-bond donors (Lipinski definition) is 1. The van der Waals surface area contributed by atoms with E-state index in [0.717, 1.165) is 6.42 Å². The highest BCUT2D eigenvalue weighted by molar-refractivity contribution is 7.12. The summed E-state index contributed by atoms with van der Waals surface area (Å²) in [6.45, 7) is 2.04. The van der Waals surface area contributed by atoms with Crippen molar-refractivity contribution in [2.24, 2.45) is 11.8 Å². The lowest BCUT2D eigenvalue weighted by atomic mass is 10.3. The van der Waals surface area contributed by atoms with Gasteiger partial charge in [-0.25, -0.2) is 4.79 Å². The van der Waals surface area contributed by atoms with Crippen molar-refractivity contribution in [1.82, 2.24) is 0 Å². The van der Waals surface area contributed by atoms with Gasteiger partial charge in [0.05, 0.1) is 12.8 Å². The zero-order chi connectivity index (χ0) is 11.7. The average molecular weight is 239 g/mol. The van der Waals surface area contributed by atoms with Crippen LogP contribution in [0.1, 0.15) is 23.0 Å². The van der Waals surface area contributed by atoms with Crippen molar-refractivity contribution in [3.63, 3.8) is 0 Å². The van der Waals surface area contributed by atoms with Crippen molar-refractivity contribution in [3.8, 4) is 0 Å². The molecule has 0 spiro atoms. The topological polar surface area (TPSA) is 55.4 Å². The Hall–Kier alpha value is -1.36. The molecular formula is C11H13NO3S. The van der Waals surface area contributed by atoms with E-state index < -0.39 is 5.97 Å². The van der Waals surface area contributed by atoms with Gasteiger partial charge in [0.1, 0.15) is 4.88 Å². The first-order valence-corrected chi connectivity index (χ1v) is 5.98. The van der Waals surface area contributed by atoms with Gasteiger partial charge in [-0.2, -0.15) is 0 Å². The number of rotatable bonds is 3. The maximum Gasteiger partial charge on any atom is 0.350 e. The van der Waals surface area contributed by atoms with Crippen molar-refractivity contribution in [2.75, 3.05) is 12.4 Å². The van der Waals surface area contributed by atoms with Crippen LogP contribution in [0.2, 0.25) is 0 Å². The fourth-order valence-electron chi connectivity index (χ4n) is 1.57. The molecule has 16 heavy (non-hydrogen) atoms. The molecule has 1 amide bonds. The van der Waals surface area contributed by atoms with E-state index in [1.165, 1.54) is 18.4 Å². The highest BCUT2D eigenvalue weighted by atomic mass is 32.1. The summed E-state index contributed by atoms with van der Waals surface area (Å²) < 4.78 is 4.63. The molecule has 2 rings (SSSR count). The summed E-state index contributed by atoms with van der Waals surface area (Å²) in [5.74, 6) is 0.149. The molecule has 0 aromatic carbocycles. The van der Waals surface area contributed by atoms with Crippen LogP contribution < -0.4 is 5.32 Å². The standard InChI is InChI=1S/C11H13NO3S/c1-6-5-7(6)10(13)12-8-3-4-16-9(8)11(14)15-2/h3-4,6-7H,5H2,1-2H3,(H,12,13)/t6-,7+/m0/s1. The second-order valence-electron chi connectivity index (χ2n) is 3.96. The van der Waals surface area contributed by atoms with Gasteiger partial charge in [0.2, 0.25) is 5.91 Å². The fraction of sp³-hybridized carbons (Fsp3) is 0.455. The number of hydrogen-bond acceptors (Lipinski definition) is 4. The fourth-order valence-corrected chi connectivity index (χ4v) is 2.34. The molecule has 0 radical (unpaired) electrons. The van der Waals surface area contributed by atoms with Crippen LogP contribution in [0.15, 0.2) is 11.4 Å². The molecule has 86 valence electrons. The number of nitrogens with one attached hydrogen (secondary N) is 1. The molecule has 0 unspecified atom stereocenters. The lowest BCUT2D eigenvalue weighted by molar-refractivity contribution is -0.117. The Bertz CT molecular complexity index is 427. The third-order valence-electron chi connectivity index (χ3n) is 2.74. The van der Waals surface area contributed by atoms with Crippen LogP contribution >= 0.6 is 11.3 Å². The van der Waals surface area contributed by atoms with Crippen LogP contribution in [0, 0.1) is 11.8 Å². The molecule has 1 heterocycles. The maximum absolute atomic E-state index is 11.7. The molecule has 1 aromatic heterocycles. The number of thiophene rings is 1. The molecule has 1 saturated carbocycles. The zero-order valence-electron chi connectivity index (χ0n) is 9.15. The van der Waals surface area contributed by atoms with E-state index >= 15 is 0 Å². The van der Waals surface area contributed by atoms with E-state index in [1.54, 1.807) is 11.4 Å². The van der Waals surface area contributed by atoms with Gasteiger partial charge in [-0.05, 0) is 23.8 Å². The molecule has 2 atom stereocenters. The predicted octanol–water partition coefficient (Wildman–Crippen LogP) is 2.13. The SMILES string of the molecule is COC(=O)c1sccc1NC(=O)[C@@H]1C[C@@H]1C. The molecule has 1 aliphatic carbocycles. The highest BCUT2D eigenvalue weighted by Crippen LogP contribution is 2.39. The van der Waals surface area contributed by atoms with Gasteiger partial charge < -0.3 is 10.1 Å². The number of anilines is 1. The summed E-state index contributed by atoms with van der Waals surface area (Å²) in [5.41, 5.74) is 0.556. The van der Waals surface area contributed by atoms with E-state index in [1.807, 2.05) is 6.92 Å². The van der Waals surface area contributed by atoms with E-state index in [9.17, 15) is 9.59 Å². The van der Waals surface area contributed by atoms with Crippen molar-refractivity contribution in [1.29, 1.82) is 0 Å². The van der Waals surface area contributed by atoms with Gasteiger partial charge >= 0.3 is 5.97 Å². The van der Waals surface area contributed by atoms with Gasteiger partial charge in [0, 0.05) is 5.92 Å². The quantitative estimate of drug-likeness (QED) is 0.822. The van der Waals surface area contributed by atoms with Crippen LogP contribution in [-0.2, 0) is 9.53 Å². The lowest BCUT2D eigenvalue weighted by Gasteiger charge is -2.04. The summed E-state index contributed by atoms with van der Waals surface area (Å²) in [4.78, 5) is 23.5. The smallest absolute Gasteiger partial charge is 0.350 e. The molecule has 1 N–H and O–H groups in total. The lowest BCUT2D eigenvalue weighted by Crippen LogP contribution is -2.16. The second-order valence-corrected chi connectivity index (χ2v) is 4.88. The first kappa shape index (κ1) is 11.1. The van der Waals surface area contributed by atoms with Crippen LogP contribution in [-0.4, -0.2) is 19.0 Å². The van der Waals surface area contributed by atoms with Gasteiger partial charge in [0.25, 0.3) is 0 Å². The van der Waals surface area contributed by atoms with Gasteiger partial charge in [-0.1, -0.05) is 6.92 Å². The van der Waals surface area contributed by atoms with Crippen molar-refractivity contribution in [3.05, 3.63) is 16.3 Å². The van der Waals surface area contributed by atoms with Crippen molar-refractivity contribution >= 4 is 28.9 Å². The molecule has 5 heteroatoms. The molecule has 1 aromatic rings. The predicted molar refractivity (Wildman–Crippen MR) is 61.6 cm³/mol. The summed E-state index contributed by atoms with van der Waals surface area (Å²) in [6.07, 6.45) is 0.934. The van der Waals surface area contributed by atoms with Crippen LogP contribution in [0.4, 0.5) is 5.69 Å². The largest absolute Gasteiger partial charge is 0.465 e. The zero-order valence-corrected chi connectivity index (χ0v) is 9.97. The summed E-state index contributed by atoms with van der Waals surface area (Å²) in [6, 6.07) is 1.72. The minimum Gasteiger partial charge on any atom is -0.465 e. The number of amides is 1. The molecule has 0 aliphatic heterocycles. The van der Waals surface area contributed by atoms with Gasteiger partial charge in [-0.3, -0.25) is 4.79 Å². The molecule has 1 aliphatic rings. The Morgan fingerprint density at radius 1 is 1.56 bits per heavy atom. The van der Waals surface area contributed by atoms with E-state index in [4.69, 9.17) is 0 Å². The second kappa shape index (κ2) is 4.25. The molecule has 4 nitrogen and oxygen atoms in total. The Labute approximate surface area is 97.6 Å². The number of ether oxygens (including phenoxy) is 1. The third kappa shape index (κ3) is 2.09. The molecule has 0 bridgehead atoms. The molecule has 1 fully saturated rings. The number of carbonyl (C=O) groups is 2. The van der Waals surface area contributed by atoms with E-state index in [0.29, 0.717) is 16.5 Å². The Morgan fingerprint density at radius 2 is 2.25 bits per heavy atom. The number of carbonyl (C=O) groups excluding carboxylic acids is 2. The molecular weight excluding hydrogens is 226 g/mol. The minimum absolute atomic E-state index is 0.00365. The van der Waals surface area contributed by atoms with Crippen molar-refractivity contribution < 1.29 is 14.3 Å². The normalized spacial score (nSPS) is 22.6. The van der Waals surface area contributed by atoms with Crippen LogP contribution in [0.25, 0.3) is 0 Å². The summed E-state index contributed by atoms with van der Waals surface area (Å²) in [7, 11) is 1.33. The van der Waals surface area contributed by atoms with Crippen molar-refractivity contribution in [2.45, 2.75) is 13.3 Å². The first-order valence-electron chi connectivity index (χ1n) is 5.10. The average Bonchev–Trinajstić information content (AvgIpc) is 2.83. The van der Waals surface area contributed by atoms with E-state index in [2.05, 4.69) is 10.1 Å².